The van der Waals surface area contributed by atoms with Crippen LogP contribution in [0.2, 0.25) is 0 Å². The number of thiophene rings is 1. The minimum absolute atomic E-state index is 0.229. The van der Waals surface area contributed by atoms with Gasteiger partial charge in [0.15, 0.2) is 0 Å². The average molecular weight is 613 g/mol. The van der Waals surface area contributed by atoms with Crippen molar-refractivity contribution < 1.29 is 9.53 Å². The van der Waals surface area contributed by atoms with Crippen LogP contribution in [0.5, 0.6) is 0 Å². The number of anilines is 2. The number of carbonyl (C=O) groups excluding carboxylic acids is 1. The first-order valence-electron chi connectivity index (χ1n) is 15.6. The highest BCUT2D eigenvalue weighted by Gasteiger charge is 2.42. The standard InChI is InChI=1S/C37H48N4O2S/c1-8-40-31-17-16-30(26(4)35(31)38)34(37(6,7)36(42)43-23-28-14-10-9-11-15-28)33-20-29(27(5)44-33)22-39-21-24(2)19-32-25(3)13-12-18-41-32/h9-18,20,24,34,39-40H,8,19,21-23,38H2,1-7H3/t24-,34+/m0/s1. The predicted molar refractivity (Wildman–Crippen MR) is 184 cm³/mol. The molecule has 0 aliphatic heterocycles. The van der Waals surface area contributed by atoms with E-state index in [0.29, 0.717) is 5.92 Å². The van der Waals surface area contributed by atoms with Gasteiger partial charge in [-0.2, -0.15) is 0 Å². The first kappa shape index (κ1) is 33.2. The van der Waals surface area contributed by atoms with Crippen LogP contribution in [0.25, 0.3) is 0 Å². The van der Waals surface area contributed by atoms with Crippen molar-refractivity contribution >= 4 is 28.7 Å². The summed E-state index contributed by atoms with van der Waals surface area (Å²) in [6.07, 6.45) is 2.82. The van der Waals surface area contributed by atoms with E-state index < -0.39 is 5.41 Å². The molecule has 0 amide bonds. The van der Waals surface area contributed by atoms with E-state index >= 15 is 0 Å². The molecule has 2 aromatic heterocycles. The highest BCUT2D eigenvalue weighted by molar-refractivity contribution is 7.12. The third-order valence-electron chi connectivity index (χ3n) is 8.49. The van der Waals surface area contributed by atoms with Gasteiger partial charge in [-0.25, -0.2) is 0 Å². The summed E-state index contributed by atoms with van der Waals surface area (Å²) in [5.41, 5.74) is 14.1. The molecular formula is C37H48N4O2S. The molecule has 4 N–H and O–H groups in total. The van der Waals surface area contributed by atoms with Crippen molar-refractivity contribution in [3.63, 3.8) is 0 Å². The lowest BCUT2D eigenvalue weighted by atomic mass is 9.72. The number of nitrogens with one attached hydrogen (secondary N) is 2. The number of esters is 1. The largest absolute Gasteiger partial charge is 0.460 e. The highest BCUT2D eigenvalue weighted by Crippen LogP contribution is 2.47. The van der Waals surface area contributed by atoms with Crippen LogP contribution in [0.4, 0.5) is 11.4 Å². The molecule has 0 fully saturated rings. The zero-order valence-electron chi connectivity index (χ0n) is 27.3. The Hall–Kier alpha value is -3.68. The van der Waals surface area contributed by atoms with Gasteiger partial charge in [-0.1, -0.05) is 49.4 Å². The third-order valence-corrected chi connectivity index (χ3v) is 9.65. The van der Waals surface area contributed by atoms with Gasteiger partial charge in [0.25, 0.3) is 0 Å². The number of nitrogens with two attached hydrogens (primary N) is 1. The van der Waals surface area contributed by atoms with E-state index in [1.165, 1.54) is 16.0 Å². The van der Waals surface area contributed by atoms with Gasteiger partial charge in [0.05, 0.1) is 16.8 Å². The predicted octanol–water partition coefficient (Wildman–Crippen LogP) is 7.95. The number of aryl methyl sites for hydroxylation is 2. The van der Waals surface area contributed by atoms with Crippen molar-refractivity contribution in [3.05, 3.63) is 110 Å². The Kier molecular flexibility index (Phi) is 11.2. The summed E-state index contributed by atoms with van der Waals surface area (Å²) in [4.78, 5) is 20.8. The van der Waals surface area contributed by atoms with Gasteiger partial charge in [0, 0.05) is 40.7 Å². The molecule has 4 aromatic rings. The van der Waals surface area contributed by atoms with Gasteiger partial charge >= 0.3 is 5.97 Å². The number of aromatic nitrogens is 1. The van der Waals surface area contributed by atoms with E-state index in [9.17, 15) is 4.79 Å². The Morgan fingerprint density at radius 2 is 1.82 bits per heavy atom. The van der Waals surface area contributed by atoms with Crippen LogP contribution in [-0.4, -0.2) is 24.0 Å². The lowest BCUT2D eigenvalue weighted by Gasteiger charge is -2.33. The SMILES string of the molecule is CCNc1ccc([C@H](c2cc(CNC[C@@H](C)Cc3ncccc3C)c(C)s2)C(C)(C)C(=O)OCc2ccccc2)c(C)c1N. The molecule has 6 nitrogen and oxygen atoms in total. The number of rotatable bonds is 14. The molecule has 0 aliphatic carbocycles. The van der Waals surface area contributed by atoms with Crippen molar-refractivity contribution in [1.82, 2.24) is 10.3 Å². The Bertz CT molecular complexity index is 1550. The van der Waals surface area contributed by atoms with E-state index in [-0.39, 0.29) is 18.5 Å². The number of pyridine rings is 1. The third kappa shape index (κ3) is 7.88. The number of carbonyl (C=O) groups is 1. The fourth-order valence-corrected chi connectivity index (χ4v) is 7.13. The molecule has 0 unspecified atom stereocenters. The Morgan fingerprint density at radius 1 is 1.07 bits per heavy atom. The van der Waals surface area contributed by atoms with Crippen LogP contribution >= 0.6 is 11.3 Å². The number of hydrogen-bond donors (Lipinski definition) is 3. The quantitative estimate of drug-likeness (QED) is 0.0989. The summed E-state index contributed by atoms with van der Waals surface area (Å²) in [5.74, 6) is -0.00865. The van der Waals surface area contributed by atoms with Crippen LogP contribution in [0, 0.1) is 32.1 Å². The Labute approximate surface area is 267 Å². The molecule has 2 heterocycles. The second kappa shape index (κ2) is 14.9. The van der Waals surface area contributed by atoms with Crippen molar-refractivity contribution in [1.29, 1.82) is 0 Å². The molecule has 0 saturated heterocycles. The van der Waals surface area contributed by atoms with Crippen LogP contribution in [0.1, 0.15) is 76.9 Å². The Morgan fingerprint density at radius 3 is 2.52 bits per heavy atom. The zero-order chi connectivity index (χ0) is 31.9. The van der Waals surface area contributed by atoms with Gasteiger partial charge < -0.3 is 21.1 Å². The number of hydrogen-bond acceptors (Lipinski definition) is 7. The van der Waals surface area contributed by atoms with Crippen molar-refractivity contribution in [3.8, 4) is 0 Å². The molecule has 7 heteroatoms. The number of benzene rings is 2. The van der Waals surface area contributed by atoms with Gasteiger partial charge in [-0.3, -0.25) is 9.78 Å². The maximum absolute atomic E-state index is 13.8. The molecule has 234 valence electrons. The fourth-order valence-electron chi connectivity index (χ4n) is 5.78. The molecule has 0 bridgehead atoms. The maximum atomic E-state index is 13.8. The molecule has 44 heavy (non-hydrogen) atoms. The first-order valence-corrected chi connectivity index (χ1v) is 16.4. The minimum atomic E-state index is -0.845. The smallest absolute Gasteiger partial charge is 0.312 e. The summed E-state index contributed by atoms with van der Waals surface area (Å²) in [6.45, 7) is 17.3. The van der Waals surface area contributed by atoms with E-state index in [1.54, 1.807) is 11.3 Å². The van der Waals surface area contributed by atoms with Crippen LogP contribution in [-0.2, 0) is 29.1 Å². The van der Waals surface area contributed by atoms with Crippen LogP contribution in [0.3, 0.4) is 0 Å². The molecule has 0 radical (unpaired) electrons. The molecular weight excluding hydrogens is 565 g/mol. The average Bonchev–Trinajstić information content (AvgIpc) is 3.36. The van der Waals surface area contributed by atoms with Crippen LogP contribution in [0.15, 0.2) is 66.9 Å². The summed E-state index contributed by atoms with van der Waals surface area (Å²) in [7, 11) is 0. The van der Waals surface area contributed by atoms with Gasteiger partial charge in [0.1, 0.15) is 6.61 Å². The lowest BCUT2D eigenvalue weighted by Crippen LogP contribution is -2.34. The second-order valence-corrected chi connectivity index (χ2v) is 13.7. The minimum Gasteiger partial charge on any atom is -0.460 e. The Balaban J connectivity index is 1.58. The number of nitrogen functional groups attached to an aromatic ring is 1. The summed E-state index contributed by atoms with van der Waals surface area (Å²) in [5, 5.41) is 7.03. The number of ether oxygens (including phenoxy) is 1. The van der Waals surface area contributed by atoms with E-state index in [1.807, 2.05) is 62.5 Å². The summed E-state index contributed by atoms with van der Waals surface area (Å²) >= 11 is 1.75. The van der Waals surface area contributed by atoms with Crippen molar-refractivity contribution in [2.75, 3.05) is 24.1 Å². The maximum Gasteiger partial charge on any atom is 0.312 e. The molecule has 2 aromatic carbocycles. The lowest BCUT2D eigenvalue weighted by molar-refractivity contribution is -0.156. The number of nitrogens with zero attached hydrogens (tertiary/aromatic N) is 1. The molecule has 4 rings (SSSR count). The highest BCUT2D eigenvalue weighted by atomic mass is 32.1. The van der Waals surface area contributed by atoms with Gasteiger partial charge in [-0.15, -0.1) is 11.3 Å². The van der Waals surface area contributed by atoms with E-state index in [2.05, 4.69) is 68.4 Å². The fraction of sp³-hybridized carbons (Fsp3) is 0.405. The monoisotopic (exact) mass is 612 g/mol. The summed E-state index contributed by atoms with van der Waals surface area (Å²) in [6, 6.07) is 20.4. The molecule has 0 aliphatic rings. The molecule has 2 atom stereocenters. The second-order valence-electron chi connectivity index (χ2n) is 12.4. The van der Waals surface area contributed by atoms with Crippen molar-refractivity contribution in [2.45, 2.75) is 74.0 Å². The van der Waals surface area contributed by atoms with Gasteiger partial charge in [0.2, 0.25) is 0 Å². The van der Waals surface area contributed by atoms with Crippen LogP contribution < -0.4 is 16.4 Å². The normalized spacial score (nSPS) is 13.0. The first-order chi connectivity index (χ1) is 21.0. The topological polar surface area (TPSA) is 89.3 Å². The van der Waals surface area contributed by atoms with E-state index in [4.69, 9.17) is 10.5 Å². The van der Waals surface area contributed by atoms with Crippen molar-refractivity contribution in [2.24, 2.45) is 11.3 Å². The molecule has 0 saturated carbocycles. The van der Waals surface area contributed by atoms with E-state index in [0.717, 1.165) is 64.7 Å². The summed E-state index contributed by atoms with van der Waals surface area (Å²) < 4.78 is 5.94. The van der Waals surface area contributed by atoms with Gasteiger partial charge in [-0.05, 0) is 106 Å². The molecule has 0 spiro atoms. The zero-order valence-corrected chi connectivity index (χ0v) is 28.1.